The first kappa shape index (κ1) is 15.1. The number of carbonyl (C=O) groups excluding carboxylic acids is 1. The maximum atomic E-state index is 11.8. The van der Waals surface area contributed by atoms with E-state index in [2.05, 4.69) is 39.0 Å². The monoisotopic (exact) mass is 359 g/mol. The summed E-state index contributed by atoms with van der Waals surface area (Å²) in [6.45, 7) is 2.41. The molecule has 0 unspecified atom stereocenters. The number of esters is 1. The summed E-state index contributed by atoms with van der Waals surface area (Å²) in [7, 11) is 0. The molecular formula is C18H18BrNO2. The Morgan fingerprint density at radius 2 is 2.00 bits per heavy atom. The molecule has 1 aliphatic heterocycles. The van der Waals surface area contributed by atoms with Gasteiger partial charge < -0.3 is 9.64 Å². The Kier molecular flexibility index (Phi) is 4.78. The van der Waals surface area contributed by atoms with E-state index in [1.165, 1.54) is 11.3 Å². The van der Waals surface area contributed by atoms with Crippen LogP contribution in [0.3, 0.4) is 0 Å². The van der Waals surface area contributed by atoms with Gasteiger partial charge in [0.1, 0.15) is 0 Å². The van der Waals surface area contributed by atoms with Crippen LogP contribution in [0.4, 0.5) is 5.69 Å². The molecule has 1 heterocycles. The molecule has 0 fully saturated rings. The topological polar surface area (TPSA) is 29.5 Å². The van der Waals surface area contributed by atoms with Gasteiger partial charge in [0.25, 0.3) is 0 Å². The Morgan fingerprint density at radius 1 is 1.18 bits per heavy atom. The lowest BCUT2D eigenvalue weighted by Crippen LogP contribution is -2.23. The number of carbonyl (C=O) groups is 1. The van der Waals surface area contributed by atoms with Gasteiger partial charge >= 0.3 is 5.97 Å². The van der Waals surface area contributed by atoms with E-state index in [0.29, 0.717) is 12.2 Å². The zero-order chi connectivity index (χ0) is 15.4. The van der Waals surface area contributed by atoms with Gasteiger partial charge in [-0.15, -0.1) is 0 Å². The lowest BCUT2D eigenvalue weighted by molar-refractivity contribution is 0.0502. The molecule has 0 spiro atoms. The standard InChI is InChI=1S/C18H18BrNO2/c19-16-7-8-17-15(13-16)9-11-20(17)10-4-12-22-18(21)14-5-2-1-3-6-14/h1-3,5-8,13H,4,9-12H2. The van der Waals surface area contributed by atoms with Crippen LogP contribution >= 0.6 is 15.9 Å². The van der Waals surface area contributed by atoms with Gasteiger partial charge in [-0.3, -0.25) is 0 Å². The van der Waals surface area contributed by atoms with Gasteiger partial charge in [-0.1, -0.05) is 34.1 Å². The van der Waals surface area contributed by atoms with Gasteiger partial charge in [0.15, 0.2) is 0 Å². The molecule has 1 aliphatic rings. The van der Waals surface area contributed by atoms with Crippen LogP contribution in [0.25, 0.3) is 0 Å². The third kappa shape index (κ3) is 3.50. The lowest BCUT2D eigenvalue weighted by atomic mass is 10.2. The molecule has 114 valence electrons. The van der Waals surface area contributed by atoms with Crippen molar-refractivity contribution >= 4 is 27.6 Å². The molecule has 3 nitrogen and oxygen atoms in total. The van der Waals surface area contributed by atoms with Gasteiger partial charge in [-0.05, 0) is 48.7 Å². The highest BCUT2D eigenvalue weighted by Crippen LogP contribution is 2.30. The van der Waals surface area contributed by atoms with E-state index in [-0.39, 0.29) is 5.97 Å². The van der Waals surface area contributed by atoms with Crippen molar-refractivity contribution in [2.45, 2.75) is 12.8 Å². The molecular weight excluding hydrogens is 342 g/mol. The summed E-state index contributed by atoms with van der Waals surface area (Å²) >= 11 is 3.51. The third-order valence-electron chi connectivity index (χ3n) is 3.85. The molecule has 3 rings (SSSR count). The van der Waals surface area contributed by atoms with Crippen LogP contribution in [-0.2, 0) is 11.2 Å². The van der Waals surface area contributed by atoms with Crippen LogP contribution in [0.15, 0.2) is 53.0 Å². The van der Waals surface area contributed by atoms with E-state index in [9.17, 15) is 4.79 Å². The molecule has 4 heteroatoms. The van der Waals surface area contributed by atoms with E-state index < -0.39 is 0 Å². The van der Waals surface area contributed by atoms with Crippen molar-refractivity contribution in [1.82, 2.24) is 0 Å². The number of ether oxygens (including phenoxy) is 1. The molecule has 0 atom stereocenters. The maximum absolute atomic E-state index is 11.8. The van der Waals surface area contributed by atoms with E-state index in [0.717, 1.165) is 30.4 Å². The number of fused-ring (bicyclic) bond motifs is 1. The number of benzene rings is 2. The van der Waals surface area contributed by atoms with Gasteiger partial charge in [-0.2, -0.15) is 0 Å². The first-order chi connectivity index (χ1) is 10.7. The maximum Gasteiger partial charge on any atom is 0.338 e. The highest BCUT2D eigenvalue weighted by Gasteiger charge is 2.18. The number of hydrogen-bond donors (Lipinski definition) is 0. The second-order valence-corrected chi connectivity index (χ2v) is 6.28. The minimum atomic E-state index is -0.244. The molecule has 0 radical (unpaired) electrons. The summed E-state index contributed by atoms with van der Waals surface area (Å²) in [6, 6.07) is 15.5. The minimum Gasteiger partial charge on any atom is -0.462 e. The fraction of sp³-hybridized carbons (Fsp3) is 0.278. The van der Waals surface area contributed by atoms with Crippen molar-refractivity contribution in [3.05, 3.63) is 64.1 Å². The first-order valence-corrected chi connectivity index (χ1v) is 8.29. The fourth-order valence-corrected chi connectivity index (χ4v) is 3.16. The van der Waals surface area contributed by atoms with Gasteiger partial charge in [0.2, 0.25) is 0 Å². The second kappa shape index (κ2) is 6.97. The molecule has 0 aliphatic carbocycles. The molecule has 0 N–H and O–H groups in total. The molecule has 0 saturated heterocycles. The lowest BCUT2D eigenvalue weighted by Gasteiger charge is -2.19. The van der Waals surface area contributed by atoms with Crippen LogP contribution in [0.1, 0.15) is 22.3 Å². The highest BCUT2D eigenvalue weighted by molar-refractivity contribution is 9.10. The van der Waals surface area contributed by atoms with Crippen LogP contribution in [-0.4, -0.2) is 25.7 Å². The van der Waals surface area contributed by atoms with Crippen LogP contribution < -0.4 is 4.90 Å². The normalized spacial score (nSPS) is 13.0. The fourth-order valence-electron chi connectivity index (χ4n) is 2.75. The highest BCUT2D eigenvalue weighted by atomic mass is 79.9. The Morgan fingerprint density at radius 3 is 2.82 bits per heavy atom. The summed E-state index contributed by atoms with van der Waals surface area (Å²) in [6.07, 6.45) is 1.92. The van der Waals surface area contributed by atoms with Crippen molar-refractivity contribution in [2.75, 3.05) is 24.6 Å². The largest absolute Gasteiger partial charge is 0.462 e. The van der Waals surface area contributed by atoms with Crippen LogP contribution in [0.2, 0.25) is 0 Å². The molecule has 22 heavy (non-hydrogen) atoms. The zero-order valence-electron chi connectivity index (χ0n) is 12.3. The number of rotatable bonds is 5. The van der Waals surface area contributed by atoms with E-state index in [1.807, 2.05) is 18.2 Å². The average Bonchev–Trinajstić information content (AvgIpc) is 2.94. The van der Waals surface area contributed by atoms with Crippen LogP contribution in [0, 0.1) is 0 Å². The summed E-state index contributed by atoms with van der Waals surface area (Å²) in [5.41, 5.74) is 3.30. The predicted molar refractivity (Wildman–Crippen MR) is 91.4 cm³/mol. The molecule has 2 aromatic rings. The van der Waals surface area contributed by atoms with Crippen molar-refractivity contribution in [3.8, 4) is 0 Å². The Balaban J connectivity index is 1.46. The quantitative estimate of drug-likeness (QED) is 0.595. The van der Waals surface area contributed by atoms with Crippen molar-refractivity contribution in [2.24, 2.45) is 0 Å². The van der Waals surface area contributed by atoms with Gasteiger partial charge in [0.05, 0.1) is 12.2 Å². The molecule has 0 amide bonds. The second-order valence-electron chi connectivity index (χ2n) is 5.37. The summed E-state index contributed by atoms with van der Waals surface area (Å²) < 4.78 is 6.45. The summed E-state index contributed by atoms with van der Waals surface area (Å²) in [5, 5.41) is 0. The minimum absolute atomic E-state index is 0.244. The zero-order valence-corrected chi connectivity index (χ0v) is 13.9. The van der Waals surface area contributed by atoms with E-state index in [1.54, 1.807) is 12.1 Å². The Hall–Kier alpha value is -1.81. The van der Waals surface area contributed by atoms with Crippen molar-refractivity contribution < 1.29 is 9.53 Å². The summed E-state index contributed by atoms with van der Waals surface area (Å²) in [4.78, 5) is 14.2. The molecule has 0 aromatic heterocycles. The first-order valence-electron chi connectivity index (χ1n) is 7.49. The van der Waals surface area contributed by atoms with E-state index >= 15 is 0 Å². The predicted octanol–water partition coefficient (Wildman–Crippen LogP) is 4.06. The smallest absolute Gasteiger partial charge is 0.338 e. The van der Waals surface area contributed by atoms with Crippen molar-refractivity contribution in [3.63, 3.8) is 0 Å². The molecule has 2 aromatic carbocycles. The molecule has 0 bridgehead atoms. The Bertz CT molecular complexity index is 657. The van der Waals surface area contributed by atoms with Crippen molar-refractivity contribution in [1.29, 1.82) is 0 Å². The SMILES string of the molecule is O=C(OCCCN1CCc2cc(Br)ccc21)c1ccccc1. The van der Waals surface area contributed by atoms with Gasteiger partial charge in [-0.25, -0.2) is 4.79 Å². The number of nitrogens with zero attached hydrogens (tertiary/aromatic N) is 1. The van der Waals surface area contributed by atoms with E-state index in [4.69, 9.17) is 4.74 Å². The number of halogens is 1. The summed E-state index contributed by atoms with van der Waals surface area (Å²) in [5.74, 6) is -0.244. The van der Waals surface area contributed by atoms with Gasteiger partial charge in [0, 0.05) is 23.2 Å². The molecule has 0 saturated carbocycles. The number of anilines is 1. The number of hydrogen-bond acceptors (Lipinski definition) is 3. The van der Waals surface area contributed by atoms with Crippen LogP contribution in [0.5, 0.6) is 0 Å². The third-order valence-corrected chi connectivity index (χ3v) is 4.34. The Labute approximate surface area is 139 Å². The average molecular weight is 360 g/mol.